The smallest absolute Gasteiger partial charge is 0.212 e. The van der Waals surface area contributed by atoms with Crippen LogP contribution in [0.25, 0.3) is 10.8 Å². The average Bonchev–Trinajstić information content (AvgIpc) is 2.64. The van der Waals surface area contributed by atoms with Gasteiger partial charge in [-0.1, -0.05) is 48.5 Å². The molecule has 2 aliphatic rings. The van der Waals surface area contributed by atoms with E-state index in [1.165, 1.54) is 10.8 Å². The van der Waals surface area contributed by atoms with E-state index in [1.807, 2.05) is 18.2 Å². The Hall–Kier alpha value is -2.33. The number of hydrogen-bond acceptors (Lipinski definition) is 4. The predicted molar refractivity (Wildman–Crippen MR) is 83.2 cm³/mol. The maximum atomic E-state index is 6.49. The van der Waals surface area contributed by atoms with Crippen LogP contribution in [0.2, 0.25) is 0 Å². The molecular weight excluding hydrogens is 284 g/mol. The molecule has 104 valence electrons. The first-order chi connectivity index (χ1) is 10.3. The summed E-state index contributed by atoms with van der Waals surface area (Å²) in [5.41, 5.74) is 1.14. The molecule has 2 aliphatic heterocycles. The summed E-state index contributed by atoms with van der Waals surface area (Å²) in [6.07, 6.45) is 1.74. The van der Waals surface area contributed by atoms with Crippen molar-refractivity contribution in [1.29, 1.82) is 0 Å². The van der Waals surface area contributed by atoms with Gasteiger partial charge in [0.1, 0.15) is 6.17 Å². The molecule has 4 rings (SSSR count). The van der Waals surface area contributed by atoms with Crippen molar-refractivity contribution < 1.29 is 0 Å². The molecule has 2 aromatic carbocycles. The first-order valence-corrected chi connectivity index (χ1v) is 7.11. The molecule has 0 amide bonds. The number of rotatable bonds is 3. The fourth-order valence-corrected chi connectivity index (χ4v) is 3.23. The summed E-state index contributed by atoms with van der Waals surface area (Å²) in [6.45, 7) is 4.50. The van der Waals surface area contributed by atoms with Crippen LogP contribution in [-0.4, -0.2) is 15.9 Å². The third kappa shape index (κ3) is 1.69. The maximum Gasteiger partial charge on any atom is 0.212 e. The van der Waals surface area contributed by atoms with Gasteiger partial charge < -0.3 is 4.90 Å². The zero-order valence-corrected chi connectivity index (χ0v) is 12.0. The Kier molecular flexibility index (Phi) is 2.72. The second kappa shape index (κ2) is 4.60. The van der Waals surface area contributed by atoms with Crippen molar-refractivity contribution in [2.75, 3.05) is 6.54 Å². The minimum Gasteiger partial charge on any atom is -0.323 e. The highest BCUT2D eigenvalue weighted by atomic mass is 35.5. The third-order valence-corrected chi connectivity index (χ3v) is 4.20. The molecule has 0 bridgehead atoms. The topological polar surface area (TPSA) is 31.2 Å². The number of halogens is 1. The molecule has 0 fully saturated rings. The summed E-state index contributed by atoms with van der Waals surface area (Å²) in [6, 6.07) is 14.6. The van der Waals surface area contributed by atoms with Crippen molar-refractivity contribution >= 4 is 22.5 Å². The average molecular weight is 297 g/mol. The van der Waals surface area contributed by atoms with Crippen molar-refractivity contribution in [2.24, 2.45) is 10.2 Å². The van der Waals surface area contributed by atoms with Gasteiger partial charge in [0.15, 0.2) is 5.82 Å². The van der Waals surface area contributed by atoms with Gasteiger partial charge in [-0.2, -0.15) is 0 Å². The highest BCUT2D eigenvalue weighted by Crippen LogP contribution is 2.47. The number of fused-ring (bicyclic) bond motifs is 1. The van der Waals surface area contributed by atoms with Gasteiger partial charge in [-0.15, -0.1) is 16.8 Å². The molecule has 0 saturated heterocycles. The summed E-state index contributed by atoms with van der Waals surface area (Å²) < 4.78 is 1.66. The Labute approximate surface area is 127 Å². The van der Waals surface area contributed by atoms with Crippen LogP contribution in [0.15, 0.2) is 77.0 Å². The summed E-state index contributed by atoms with van der Waals surface area (Å²) in [5, 5.41) is 10.5. The first kappa shape index (κ1) is 12.4. The highest BCUT2D eigenvalue weighted by Gasteiger charge is 2.43. The third-order valence-electron chi connectivity index (χ3n) is 3.85. The number of benzene rings is 2. The van der Waals surface area contributed by atoms with Crippen molar-refractivity contribution in [3.63, 3.8) is 0 Å². The minimum absolute atomic E-state index is 0.115. The minimum atomic E-state index is -0.115. The van der Waals surface area contributed by atoms with Crippen LogP contribution >= 0.6 is 11.8 Å². The fourth-order valence-electron chi connectivity index (χ4n) is 2.91. The Morgan fingerprint density at radius 3 is 2.62 bits per heavy atom. The van der Waals surface area contributed by atoms with Crippen molar-refractivity contribution in [3.8, 4) is 0 Å². The lowest BCUT2D eigenvalue weighted by atomic mass is 10.0. The van der Waals surface area contributed by atoms with E-state index >= 15 is 0 Å². The molecule has 1 unspecified atom stereocenters. The van der Waals surface area contributed by atoms with Gasteiger partial charge in [0.2, 0.25) is 5.82 Å². The fraction of sp³-hybridized carbons (Fsp3) is 0.125. The lowest BCUT2D eigenvalue weighted by molar-refractivity contribution is 0.229. The van der Waals surface area contributed by atoms with Gasteiger partial charge in [-0.05, 0) is 10.8 Å². The first-order valence-electron chi connectivity index (χ1n) is 6.77. The maximum absolute atomic E-state index is 6.49. The Bertz CT molecular complexity index is 790. The SMILES string of the molecule is C=CCN1C2=C(N=N2)N(Cl)C1c1cccc2ccccc12. The molecule has 0 aromatic heterocycles. The number of azo groups is 1. The molecular formula is C16H13ClN4. The van der Waals surface area contributed by atoms with Gasteiger partial charge in [0.05, 0.1) is 0 Å². The van der Waals surface area contributed by atoms with E-state index in [4.69, 9.17) is 11.8 Å². The molecule has 4 nitrogen and oxygen atoms in total. The summed E-state index contributed by atoms with van der Waals surface area (Å²) in [5.74, 6) is 1.57. The summed E-state index contributed by atoms with van der Waals surface area (Å²) in [4.78, 5) is 2.12. The van der Waals surface area contributed by atoms with Crippen molar-refractivity contribution in [2.45, 2.75) is 6.17 Å². The molecule has 0 saturated carbocycles. The molecule has 0 spiro atoms. The zero-order valence-electron chi connectivity index (χ0n) is 11.3. The van der Waals surface area contributed by atoms with Gasteiger partial charge >= 0.3 is 0 Å². The van der Waals surface area contributed by atoms with Crippen molar-refractivity contribution in [3.05, 3.63) is 72.3 Å². The highest BCUT2D eigenvalue weighted by molar-refractivity contribution is 6.15. The molecule has 21 heavy (non-hydrogen) atoms. The van der Waals surface area contributed by atoms with Crippen LogP contribution in [0.1, 0.15) is 11.7 Å². The molecule has 1 atom stereocenters. The largest absolute Gasteiger partial charge is 0.323 e. The molecule has 5 heteroatoms. The van der Waals surface area contributed by atoms with Crippen LogP contribution in [-0.2, 0) is 0 Å². The van der Waals surface area contributed by atoms with E-state index in [-0.39, 0.29) is 6.17 Å². The molecule has 0 aliphatic carbocycles. The van der Waals surface area contributed by atoms with E-state index in [0.29, 0.717) is 6.54 Å². The van der Waals surface area contributed by atoms with Gasteiger partial charge in [-0.25, -0.2) is 4.42 Å². The van der Waals surface area contributed by atoms with Crippen LogP contribution in [0.4, 0.5) is 0 Å². The standard InChI is InChI=1S/C16H13ClN4/c1-2-10-20-14-15(19-18-14)21(17)16(20)13-9-5-7-11-6-3-4-8-12(11)13/h2-9,16H,1,10H2. The van der Waals surface area contributed by atoms with E-state index in [9.17, 15) is 0 Å². The quantitative estimate of drug-likeness (QED) is 0.621. The zero-order chi connectivity index (χ0) is 14.4. The molecule has 2 heterocycles. The Morgan fingerprint density at radius 1 is 1.10 bits per heavy atom. The van der Waals surface area contributed by atoms with Crippen LogP contribution < -0.4 is 0 Å². The van der Waals surface area contributed by atoms with Gasteiger partial charge in [0, 0.05) is 23.9 Å². The number of nitrogens with zero attached hydrogens (tertiary/aromatic N) is 4. The van der Waals surface area contributed by atoms with Crippen LogP contribution in [0, 0.1) is 0 Å². The molecule has 0 radical (unpaired) electrons. The second-order valence-electron chi connectivity index (χ2n) is 5.04. The molecule has 2 aromatic rings. The normalized spacial score (nSPS) is 20.0. The van der Waals surface area contributed by atoms with E-state index in [2.05, 4.69) is 52.0 Å². The van der Waals surface area contributed by atoms with Crippen LogP contribution in [0.3, 0.4) is 0 Å². The van der Waals surface area contributed by atoms with E-state index in [0.717, 1.165) is 17.2 Å². The second-order valence-corrected chi connectivity index (χ2v) is 5.41. The lowest BCUT2D eigenvalue weighted by Gasteiger charge is -2.29. The molecule has 0 N–H and O–H groups in total. The van der Waals surface area contributed by atoms with Gasteiger partial charge in [-0.3, -0.25) is 0 Å². The summed E-state index contributed by atoms with van der Waals surface area (Å²) in [7, 11) is 0. The number of hydrogen-bond donors (Lipinski definition) is 0. The monoisotopic (exact) mass is 296 g/mol. The van der Waals surface area contributed by atoms with Crippen LogP contribution in [0.5, 0.6) is 0 Å². The van der Waals surface area contributed by atoms with E-state index in [1.54, 1.807) is 4.42 Å². The Morgan fingerprint density at radius 2 is 1.86 bits per heavy atom. The van der Waals surface area contributed by atoms with E-state index < -0.39 is 0 Å². The van der Waals surface area contributed by atoms with Crippen molar-refractivity contribution in [1.82, 2.24) is 9.32 Å². The van der Waals surface area contributed by atoms with Gasteiger partial charge in [0.25, 0.3) is 0 Å². The lowest BCUT2D eigenvalue weighted by Crippen LogP contribution is -2.28. The Balaban J connectivity index is 1.86. The predicted octanol–water partition coefficient (Wildman–Crippen LogP) is 4.39. The summed E-state index contributed by atoms with van der Waals surface area (Å²) >= 11 is 6.49.